The number of benzene rings is 1. The number of anilines is 3. The van der Waals surface area contributed by atoms with Crippen LogP contribution in [0.15, 0.2) is 36.8 Å². The maximum Gasteiger partial charge on any atom is 0.407 e. The molecule has 32 heavy (non-hydrogen) atoms. The van der Waals surface area contributed by atoms with Crippen molar-refractivity contribution < 1.29 is 13.9 Å². The summed E-state index contributed by atoms with van der Waals surface area (Å²) in [6, 6.07) is 5.33. The molecule has 12 heteroatoms. The summed E-state index contributed by atoms with van der Waals surface area (Å²) in [5.74, 6) is 0.493. The molecule has 2 aromatic heterocycles. The monoisotopic (exact) mass is 462 g/mol. The summed E-state index contributed by atoms with van der Waals surface area (Å²) < 4.78 is 20.5. The molecule has 0 bridgehead atoms. The van der Waals surface area contributed by atoms with Crippen molar-refractivity contribution in [3.8, 4) is 0 Å². The molecule has 0 aliphatic carbocycles. The highest BCUT2D eigenvalue weighted by molar-refractivity contribution is 6.28. The van der Waals surface area contributed by atoms with Crippen LogP contribution in [0.3, 0.4) is 0 Å². The SMILES string of the molecule is Cn1cnc(Nc2nc(Cl)nc(N[C@@H](CNC(=O)OC(C)(C)C)c3ccc(F)cc3)n2)c1. The quantitative estimate of drug-likeness (QED) is 0.485. The molecular formula is C20H24ClFN8O2. The van der Waals surface area contributed by atoms with Crippen LogP contribution in [0.2, 0.25) is 5.28 Å². The van der Waals surface area contributed by atoms with Gasteiger partial charge >= 0.3 is 6.09 Å². The second-order valence-electron chi connectivity index (χ2n) is 7.93. The lowest BCUT2D eigenvalue weighted by molar-refractivity contribution is 0.0525. The Bertz CT molecular complexity index is 1070. The van der Waals surface area contributed by atoms with E-state index in [9.17, 15) is 9.18 Å². The second kappa shape index (κ2) is 9.77. The Morgan fingerprint density at radius 2 is 1.88 bits per heavy atom. The van der Waals surface area contributed by atoms with Crippen LogP contribution in [0.4, 0.5) is 26.9 Å². The fourth-order valence-corrected chi connectivity index (χ4v) is 2.83. The molecule has 0 saturated carbocycles. The maximum absolute atomic E-state index is 13.4. The highest BCUT2D eigenvalue weighted by atomic mass is 35.5. The van der Waals surface area contributed by atoms with E-state index in [2.05, 4.69) is 35.9 Å². The molecule has 2 heterocycles. The van der Waals surface area contributed by atoms with Gasteiger partial charge in [0, 0.05) is 19.8 Å². The molecule has 1 atom stereocenters. The number of hydrogen-bond donors (Lipinski definition) is 3. The predicted octanol–water partition coefficient (Wildman–Crippen LogP) is 3.82. The largest absolute Gasteiger partial charge is 0.444 e. The molecule has 3 rings (SSSR count). The standard InChI is InChI=1S/C20H24ClFN8O2/c1-20(2,3)32-19(31)23-9-14(12-5-7-13(22)8-6-12)25-17-27-16(21)28-18(29-17)26-15-10-30(4)11-24-15/h5-8,10-11,14H,9H2,1-4H3,(H,23,31)(H2,25,26,27,28,29)/t14-/m0/s1. The molecule has 0 aliphatic rings. The van der Waals surface area contributed by atoms with Crippen LogP contribution in [0.5, 0.6) is 0 Å². The molecule has 0 saturated heterocycles. The van der Waals surface area contributed by atoms with Crippen LogP contribution >= 0.6 is 11.6 Å². The summed E-state index contributed by atoms with van der Waals surface area (Å²) in [6.45, 7) is 5.43. The van der Waals surface area contributed by atoms with Crippen molar-refractivity contribution >= 4 is 35.4 Å². The predicted molar refractivity (Wildman–Crippen MR) is 118 cm³/mol. The normalized spacial score (nSPS) is 12.2. The number of amides is 1. The van der Waals surface area contributed by atoms with Gasteiger partial charge in [0.05, 0.1) is 12.4 Å². The molecule has 1 aromatic carbocycles. The van der Waals surface area contributed by atoms with Gasteiger partial charge in [-0.05, 0) is 50.1 Å². The first-order valence-corrected chi connectivity index (χ1v) is 10.1. The molecule has 0 spiro atoms. The van der Waals surface area contributed by atoms with E-state index in [1.807, 2.05) is 7.05 Å². The van der Waals surface area contributed by atoms with Crippen LogP contribution in [-0.4, -0.2) is 42.7 Å². The molecule has 3 N–H and O–H groups in total. The Labute approximate surface area is 189 Å². The van der Waals surface area contributed by atoms with Gasteiger partial charge in [-0.1, -0.05) is 12.1 Å². The first kappa shape index (κ1) is 23.2. The number of imidazole rings is 1. The Morgan fingerprint density at radius 1 is 1.19 bits per heavy atom. The van der Waals surface area contributed by atoms with E-state index in [1.165, 1.54) is 12.1 Å². The van der Waals surface area contributed by atoms with Crippen molar-refractivity contribution in [1.82, 2.24) is 29.8 Å². The third kappa shape index (κ3) is 7.05. The van der Waals surface area contributed by atoms with Gasteiger partial charge in [-0.3, -0.25) is 0 Å². The van der Waals surface area contributed by atoms with E-state index in [0.29, 0.717) is 11.4 Å². The van der Waals surface area contributed by atoms with Crippen molar-refractivity contribution in [2.75, 3.05) is 17.2 Å². The molecule has 0 unspecified atom stereocenters. The number of hydrogen-bond acceptors (Lipinski definition) is 8. The fourth-order valence-electron chi connectivity index (χ4n) is 2.67. The van der Waals surface area contributed by atoms with E-state index in [0.717, 1.165) is 0 Å². The Morgan fingerprint density at radius 3 is 2.50 bits per heavy atom. The van der Waals surface area contributed by atoms with Gasteiger partial charge in [0.15, 0.2) is 5.82 Å². The topological polar surface area (TPSA) is 119 Å². The number of aryl methyl sites for hydroxylation is 1. The highest BCUT2D eigenvalue weighted by Crippen LogP contribution is 2.20. The van der Waals surface area contributed by atoms with E-state index in [-0.39, 0.29) is 29.5 Å². The van der Waals surface area contributed by atoms with Crippen molar-refractivity contribution in [3.63, 3.8) is 0 Å². The summed E-state index contributed by atoms with van der Waals surface area (Å²) in [4.78, 5) is 28.7. The average molecular weight is 463 g/mol. The van der Waals surface area contributed by atoms with Crippen molar-refractivity contribution in [3.05, 3.63) is 53.5 Å². The maximum atomic E-state index is 13.4. The fraction of sp³-hybridized carbons (Fsp3) is 0.350. The lowest BCUT2D eigenvalue weighted by Gasteiger charge is -2.23. The minimum atomic E-state index is -0.642. The minimum absolute atomic E-state index is 0.0427. The Kier molecular flexibility index (Phi) is 7.08. The number of nitrogens with zero attached hydrogens (tertiary/aromatic N) is 5. The molecule has 3 aromatic rings. The third-order valence-corrected chi connectivity index (χ3v) is 4.15. The number of ether oxygens (including phenoxy) is 1. The highest BCUT2D eigenvalue weighted by Gasteiger charge is 2.20. The van der Waals surface area contributed by atoms with Crippen LogP contribution < -0.4 is 16.0 Å². The molecule has 0 aliphatic heterocycles. The summed E-state index contributed by atoms with van der Waals surface area (Å²) in [5, 5.41) is 8.70. The van der Waals surface area contributed by atoms with E-state index >= 15 is 0 Å². The van der Waals surface area contributed by atoms with Crippen molar-refractivity contribution in [2.24, 2.45) is 7.05 Å². The zero-order chi connectivity index (χ0) is 23.3. The average Bonchev–Trinajstić information content (AvgIpc) is 3.08. The molecule has 0 radical (unpaired) electrons. The molecule has 170 valence electrons. The number of nitrogens with one attached hydrogen (secondary N) is 3. The van der Waals surface area contributed by atoms with Gasteiger partial charge in [-0.15, -0.1) is 0 Å². The number of aromatic nitrogens is 5. The number of alkyl carbamates (subject to hydrolysis) is 1. The number of carbonyl (C=O) groups is 1. The summed E-state index contributed by atoms with van der Waals surface area (Å²) in [5.41, 5.74) is 0.0506. The first-order valence-electron chi connectivity index (χ1n) is 9.73. The molecule has 1 amide bonds. The van der Waals surface area contributed by atoms with Gasteiger partial charge in [-0.2, -0.15) is 15.0 Å². The van der Waals surface area contributed by atoms with E-state index < -0.39 is 17.7 Å². The number of rotatable bonds is 7. The van der Waals surface area contributed by atoms with Gasteiger partial charge in [0.1, 0.15) is 11.4 Å². The first-order chi connectivity index (χ1) is 15.1. The van der Waals surface area contributed by atoms with Gasteiger partial charge in [-0.25, -0.2) is 14.2 Å². The summed E-state index contributed by atoms with van der Waals surface area (Å²) in [6.07, 6.45) is 2.78. The van der Waals surface area contributed by atoms with Crippen LogP contribution in [0, 0.1) is 5.82 Å². The Balaban J connectivity index is 1.79. The minimum Gasteiger partial charge on any atom is -0.444 e. The molecular weight excluding hydrogens is 439 g/mol. The summed E-state index contributed by atoms with van der Waals surface area (Å²) in [7, 11) is 1.83. The molecule has 0 fully saturated rings. The second-order valence-corrected chi connectivity index (χ2v) is 8.27. The van der Waals surface area contributed by atoms with E-state index in [1.54, 1.807) is 50.0 Å². The lowest BCUT2D eigenvalue weighted by Crippen LogP contribution is -2.36. The van der Waals surface area contributed by atoms with Crippen molar-refractivity contribution in [1.29, 1.82) is 0 Å². The van der Waals surface area contributed by atoms with Gasteiger partial charge in [0.2, 0.25) is 17.2 Å². The van der Waals surface area contributed by atoms with Crippen LogP contribution in [0.1, 0.15) is 32.4 Å². The zero-order valence-corrected chi connectivity index (χ0v) is 18.8. The third-order valence-electron chi connectivity index (χ3n) is 3.98. The van der Waals surface area contributed by atoms with E-state index in [4.69, 9.17) is 16.3 Å². The summed E-state index contributed by atoms with van der Waals surface area (Å²) >= 11 is 6.06. The number of halogens is 2. The molecule has 10 nitrogen and oxygen atoms in total. The van der Waals surface area contributed by atoms with Crippen LogP contribution in [0.25, 0.3) is 0 Å². The van der Waals surface area contributed by atoms with Crippen LogP contribution in [-0.2, 0) is 11.8 Å². The van der Waals surface area contributed by atoms with Gasteiger partial charge < -0.3 is 25.3 Å². The lowest BCUT2D eigenvalue weighted by atomic mass is 10.1. The zero-order valence-electron chi connectivity index (χ0n) is 18.1. The number of carbonyl (C=O) groups excluding carboxylic acids is 1. The van der Waals surface area contributed by atoms with Gasteiger partial charge in [0.25, 0.3) is 0 Å². The smallest absolute Gasteiger partial charge is 0.407 e. The Hall–Kier alpha value is -3.47. The van der Waals surface area contributed by atoms with Crippen molar-refractivity contribution in [2.45, 2.75) is 32.4 Å².